The van der Waals surface area contributed by atoms with E-state index < -0.39 is 0 Å². The lowest BCUT2D eigenvalue weighted by Crippen LogP contribution is -2.48. The second kappa shape index (κ2) is 7.94. The summed E-state index contributed by atoms with van der Waals surface area (Å²) in [4.78, 5) is 25.4. The number of hydrogen-bond donors (Lipinski definition) is 1. The summed E-state index contributed by atoms with van der Waals surface area (Å²) in [6.07, 6.45) is 1.93. The van der Waals surface area contributed by atoms with E-state index in [-0.39, 0.29) is 23.8 Å². The molecule has 0 saturated carbocycles. The number of nitrogens with two attached hydrogens (primary N) is 1. The Morgan fingerprint density at radius 1 is 1.27 bits per heavy atom. The molecule has 0 aromatic heterocycles. The third-order valence-corrected chi connectivity index (χ3v) is 4.18. The number of nitrogens with zero attached hydrogens (tertiary/aromatic N) is 1. The number of carbonyl (C=O) groups excluding carboxylic acids is 2. The molecule has 1 fully saturated rings. The van der Waals surface area contributed by atoms with Crippen LogP contribution in [0.15, 0.2) is 30.3 Å². The molecule has 0 aliphatic carbocycles. The molecule has 1 aromatic rings. The Morgan fingerprint density at radius 2 is 2.00 bits per heavy atom. The van der Waals surface area contributed by atoms with Gasteiger partial charge < -0.3 is 15.4 Å². The van der Waals surface area contributed by atoms with Crippen LogP contribution in [0, 0.1) is 5.92 Å². The van der Waals surface area contributed by atoms with Crippen molar-refractivity contribution in [1.82, 2.24) is 4.90 Å². The van der Waals surface area contributed by atoms with E-state index in [1.54, 1.807) is 4.90 Å². The Hall–Kier alpha value is -1.88. The van der Waals surface area contributed by atoms with Gasteiger partial charge in [0, 0.05) is 12.6 Å². The number of likely N-dealkylation sites (tertiary alicyclic amines) is 1. The Labute approximate surface area is 131 Å². The highest BCUT2D eigenvalue weighted by Crippen LogP contribution is 2.22. The van der Waals surface area contributed by atoms with Crippen LogP contribution in [0.25, 0.3) is 0 Å². The predicted octanol–water partition coefficient (Wildman–Crippen LogP) is 1.71. The molecular formula is C17H24N2O3. The molecule has 2 rings (SSSR count). The zero-order valence-electron chi connectivity index (χ0n) is 13.0. The number of ether oxygens (including phenoxy) is 1. The molecule has 1 aromatic carbocycles. The summed E-state index contributed by atoms with van der Waals surface area (Å²) >= 11 is 0. The summed E-state index contributed by atoms with van der Waals surface area (Å²) in [5.74, 6) is -0.498. The third-order valence-electron chi connectivity index (χ3n) is 4.18. The lowest BCUT2D eigenvalue weighted by Gasteiger charge is -2.37. The highest BCUT2D eigenvalue weighted by atomic mass is 16.5. The quantitative estimate of drug-likeness (QED) is 0.813. The second-order valence-corrected chi connectivity index (χ2v) is 5.86. The number of hydrogen-bond acceptors (Lipinski definition) is 3. The lowest BCUT2D eigenvalue weighted by molar-refractivity contribution is -0.138. The number of benzene rings is 1. The van der Waals surface area contributed by atoms with Crippen LogP contribution < -0.4 is 5.73 Å². The Balaban J connectivity index is 1.75. The molecule has 5 nitrogen and oxygen atoms in total. The summed E-state index contributed by atoms with van der Waals surface area (Å²) in [5, 5.41) is 0. The predicted molar refractivity (Wildman–Crippen MR) is 83.8 cm³/mol. The molecule has 22 heavy (non-hydrogen) atoms. The van der Waals surface area contributed by atoms with Crippen molar-refractivity contribution in [2.75, 3.05) is 13.2 Å². The maximum Gasteiger partial charge on any atom is 0.225 e. The number of carbonyl (C=O) groups is 2. The van der Waals surface area contributed by atoms with E-state index in [0.717, 1.165) is 18.4 Å². The van der Waals surface area contributed by atoms with Crippen LogP contribution in [-0.4, -0.2) is 35.9 Å². The first kappa shape index (κ1) is 16.5. The van der Waals surface area contributed by atoms with Crippen LogP contribution >= 0.6 is 0 Å². The van der Waals surface area contributed by atoms with Gasteiger partial charge in [0.25, 0.3) is 0 Å². The number of amides is 2. The van der Waals surface area contributed by atoms with Gasteiger partial charge in [-0.15, -0.1) is 0 Å². The van der Waals surface area contributed by atoms with Gasteiger partial charge in [0.2, 0.25) is 11.8 Å². The van der Waals surface area contributed by atoms with Crippen molar-refractivity contribution in [3.8, 4) is 0 Å². The van der Waals surface area contributed by atoms with Crippen molar-refractivity contribution in [1.29, 1.82) is 0 Å². The van der Waals surface area contributed by atoms with E-state index in [1.807, 2.05) is 37.3 Å². The number of primary amides is 1. The molecule has 120 valence electrons. The summed E-state index contributed by atoms with van der Waals surface area (Å²) in [6, 6.07) is 10.0. The van der Waals surface area contributed by atoms with E-state index in [0.29, 0.717) is 26.2 Å². The summed E-state index contributed by atoms with van der Waals surface area (Å²) in [7, 11) is 0. The Morgan fingerprint density at radius 3 is 2.68 bits per heavy atom. The highest BCUT2D eigenvalue weighted by molar-refractivity contribution is 5.80. The van der Waals surface area contributed by atoms with Crippen molar-refractivity contribution >= 4 is 11.8 Å². The van der Waals surface area contributed by atoms with E-state index in [1.165, 1.54) is 0 Å². The van der Waals surface area contributed by atoms with E-state index in [4.69, 9.17) is 10.5 Å². The van der Waals surface area contributed by atoms with E-state index in [2.05, 4.69) is 0 Å². The fourth-order valence-electron chi connectivity index (χ4n) is 2.75. The molecule has 2 atom stereocenters. The average Bonchev–Trinajstić information content (AvgIpc) is 2.52. The topological polar surface area (TPSA) is 72.6 Å². The molecule has 0 spiro atoms. The fraction of sp³-hybridized carbons (Fsp3) is 0.529. The van der Waals surface area contributed by atoms with Gasteiger partial charge in [0.15, 0.2) is 0 Å². The average molecular weight is 304 g/mol. The van der Waals surface area contributed by atoms with E-state index >= 15 is 0 Å². The van der Waals surface area contributed by atoms with Crippen molar-refractivity contribution < 1.29 is 14.3 Å². The van der Waals surface area contributed by atoms with E-state index in [9.17, 15) is 9.59 Å². The van der Waals surface area contributed by atoms with Crippen molar-refractivity contribution in [3.63, 3.8) is 0 Å². The van der Waals surface area contributed by atoms with Crippen LogP contribution in [0.5, 0.6) is 0 Å². The minimum Gasteiger partial charge on any atom is -0.376 e. The van der Waals surface area contributed by atoms with Crippen molar-refractivity contribution in [2.24, 2.45) is 11.7 Å². The Bertz CT molecular complexity index is 504. The van der Waals surface area contributed by atoms with Gasteiger partial charge in [0.1, 0.15) is 0 Å². The third kappa shape index (κ3) is 4.56. The van der Waals surface area contributed by atoms with Gasteiger partial charge in [-0.3, -0.25) is 9.59 Å². The molecule has 2 N–H and O–H groups in total. The molecule has 1 aliphatic heterocycles. The van der Waals surface area contributed by atoms with Crippen LogP contribution in [0.2, 0.25) is 0 Å². The first-order valence-electron chi connectivity index (χ1n) is 7.78. The molecule has 1 heterocycles. The molecule has 5 heteroatoms. The minimum atomic E-state index is -0.315. The summed E-state index contributed by atoms with van der Waals surface area (Å²) in [6.45, 7) is 3.35. The number of rotatable bonds is 6. The maximum atomic E-state index is 12.3. The van der Waals surface area contributed by atoms with Crippen molar-refractivity contribution in [3.05, 3.63) is 35.9 Å². The fourth-order valence-corrected chi connectivity index (χ4v) is 2.75. The standard InChI is InChI=1S/C17H24N2O3/c1-13-7-8-15(17(18)21)11-19(13)16(20)9-10-22-12-14-5-3-2-4-6-14/h2-6,13,15H,7-12H2,1H3,(H2,18,21)/t13-,15-/m0/s1. The second-order valence-electron chi connectivity index (χ2n) is 5.86. The number of piperidine rings is 1. The molecule has 0 bridgehead atoms. The monoisotopic (exact) mass is 304 g/mol. The van der Waals surface area contributed by atoms with Crippen LogP contribution in [0.3, 0.4) is 0 Å². The van der Waals surface area contributed by atoms with Crippen LogP contribution in [0.4, 0.5) is 0 Å². The molecule has 1 aliphatic rings. The highest BCUT2D eigenvalue weighted by Gasteiger charge is 2.31. The van der Waals surface area contributed by atoms with Gasteiger partial charge in [-0.2, -0.15) is 0 Å². The minimum absolute atomic E-state index is 0.0338. The maximum absolute atomic E-state index is 12.3. The van der Waals surface area contributed by atoms with Crippen molar-refractivity contribution in [2.45, 2.75) is 38.8 Å². The lowest BCUT2D eigenvalue weighted by atomic mass is 9.92. The zero-order chi connectivity index (χ0) is 15.9. The van der Waals surface area contributed by atoms with Gasteiger partial charge >= 0.3 is 0 Å². The SMILES string of the molecule is C[C@H]1CC[C@H](C(N)=O)CN1C(=O)CCOCc1ccccc1. The molecule has 1 saturated heterocycles. The van der Waals surface area contributed by atoms with Gasteiger partial charge in [-0.1, -0.05) is 30.3 Å². The summed E-state index contributed by atoms with van der Waals surface area (Å²) < 4.78 is 5.55. The molecule has 0 radical (unpaired) electrons. The van der Waals surface area contributed by atoms with Crippen LogP contribution in [0.1, 0.15) is 31.7 Å². The van der Waals surface area contributed by atoms with Crippen LogP contribution in [-0.2, 0) is 20.9 Å². The largest absolute Gasteiger partial charge is 0.376 e. The van der Waals surface area contributed by atoms with Gasteiger partial charge in [-0.25, -0.2) is 0 Å². The summed E-state index contributed by atoms with van der Waals surface area (Å²) in [5.41, 5.74) is 6.45. The first-order valence-corrected chi connectivity index (χ1v) is 7.78. The van der Waals surface area contributed by atoms with Gasteiger partial charge in [0.05, 0.1) is 25.6 Å². The Kier molecular flexibility index (Phi) is 5.95. The normalized spacial score (nSPS) is 21.6. The first-order chi connectivity index (χ1) is 10.6. The zero-order valence-corrected chi connectivity index (χ0v) is 13.0. The molecular weight excluding hydrogens is 280 g/mol. The molecule has 2 amide bonds. The van der Waals surface area contributed by atoms with Gasteiger partial charge in [-0.05, 0) is 25.3 Å². The smallest absolute Gasteiger partial charge is 0.225 e. The molecule has 0 unspecified atom stereocenters.